The highest BCUT2D eigenvalue weighted by Crippen LogP contribution is 2.30. The van der Waals surface area contributed by atoms with Crippen molar-refractivity contribution in [2.24, 2.45) is 0 Å². The van der Waals surface area contributed by atoms with Gasteiger partial charge in [0.1, 0.15) is 11.5 Å². The molecule has 0 saturated carbocycles. The summed E-state index contributed by atoms with van der Waals surface area (Å²) in [6.07, 6.45) is 7.30. The lowest BCUT2D eigenvalue weighted by atomic mass is 10.0. The Morgan fingerprint density at radius 2 is 1.47 bits per heavy atom. The van der Waals surface area contributed by atoms with Crippen LogP contribution < -0.4 is 0 Å². The minimum atomic E-state index is 0.255. The smallest absolute Gasteiger partial charge is 0.122 e. The first-order valence-corrected chi connectivity index (χ1v) is 6.72. The highest BCUT2D eigenvalue weighted by molar-refractivity contribution is 5.46. The number of hydrogen-bond donors (Lipinski definition) is 2. The minimum absolute atomic E-state index is 0.255. The highest BCUT2D eigenvalue weighted by atomic mass is 16.3. The third-order valence-electron chi connectivity index (χ3n) is 3.08. The summed E-state index contributed by atoms with van der Waals surface area (Å²) >= 11 is 0. The third kappa shape index (κ3) is 4.29. The molecular formula is C15H24O2. The highest BCUT2D eigenvalue weighted by Gasteiger charge is 2.09. The van der Waals surface area contributed by atoms with Crippen molar-refractivity contribution in [3.8, 4) is 11.5 Å². The van der Waals surface area contributed by atoms with Crippen LogP contribution in [0.4, 0.5) is 0 Å². The zero-order chi connectivity index (χ0) is 12.7. The Bertz CT molecular complexity index is 322. The van der Waals surface area contributed by atoms with E-state index in [4.69, 9.17) is 0 Å². The second-order valence-corrected chi connectivity index (χ2v) is 4.67. The molecule has 0 fully saturated rings. The van der Waals surface area contributed by atoms with Crippen molar-refractivity contribution in [3.05, 3.63) is 23.3 Å². The third-order valence-corrected chi connectivity index (χ3v) is 3.08. The van der Waals surface area contributed by atoms with Crippen LogP contribution in [0, 0.1) is 0 Å². The number of aryl methyl sites for hydroxylation is 1. The van der Waals surface area contributed by atoms with Crippen molar-refractivity contribution in [3.63, 3.8) is 0 Å². The molecular weight excluding hydrogens is 212 g/mol. The lowest BCUT2D eigenvalue weighted by Crippen LogP contribution is -1.91. The maximum atomic E-state index is 9.90. The van der Waals surface area contributed by atoms with Gasteiger partial charge >= 0.3 is 0 Å². The summed E-state index contributed by atoms with van der Waals surface area (Å²) in [5, 5.41) is 19.8. The number of hydrogen-bond acceptors (Lipinski definition) is 2. The molecule has 1 aromatic rings. The topological polar surface area (TPSA) is 40.5 Å². The Hall–Kier alpha value is -1.18. The maximum absolute atomic E-state index is 9.90. The van der Waals surface area contributed by atoms with Crippen LogP contribution >= 0.6 is 0 Å². The van der Waals surface area contributed by atoms with E-state index in [-0.39, 0.29) is 11.5 Å². The SMILES string of the molecule is CCCCCCc1c(O)cc(CCC)cc1O. The van der Waals surface area contributed by atoms with E-state index in [0.717, 1.165) is 37.7 Å². The van der Waals surface area contributed by atoms with Crippen molar-refractivity contribution in [2.75, 3.05) is 0 Å². The molecule has 2 nitrogen and oxygen atoms in total. The van der Waals surface area contributed by atoms with Gasteiger partial charge in [-0.2, -0.15) is 0 Å². The van der Waals surface area contributed by atoms with Gasteiger partial charge < -0.3 is 10.2 Å². The predicted molar refractivity (Wildman–Crippen MR) is 71.6 cm³/mol. The molecule has 0 heterocycles. The Labute approximate surface area is 104 Å². The van der Waals surface area contributed by atoms with Crippen LogP contribution in [0.1, 0.15) is 57.1 Å². The summed E-state index contributed by atoms with van der Waals surface area (Å²) in [5.74, 6) is 0.509. The number of aromatic hydroxyl groups is 2. The lowest BCUT2D eigenvalue weighted by molar-refractivity contribution is 0.434. The first-order valence-electron chi connectivity index (χ1n) is 6.72. The molecule has 17 heavy (non-hydrogen) atoms. The fourth-order valence-electron chi connectivity index (χ4n) is 2.12. The van der Waals surface area contributed by atoms with E-state index in [1.165, 1.54) is 12.8 Å². The van der Waals surface area contributed by atoms with Crippen molar-refractivity contribution in [1.29, 1.82) is 0 Å². The van der Waals surface area contributed by atoms with E-state index in [1.54, 1.807) is 12.1 Å². The Balaban J connectivity index is 2.65. The molecule has 0 radical (unpaired) electrons. The Morgan fingerprint density at radius 3 is 2.00 bits per heavy atom. The molecule has 0 amide bonds. The average molecular weight is 236 g/mol. The zero-order valence-electron chi connectivity index (χ0n) is 11.0. The first-order chi connectivity index (χ1) is 8.19. The number of benzene rings is 1. The molecule has 0 saturated heterocycles. The molecule has 0 spiro atoms. The van der Waals surface area contributed by atoms with Gasteiger partial charge in [-0.3, -0.25) is 0 Å². The average Bonchev–Trinajstić information content (AvgIpc) is 2.27. The maximum Gasteiger partial charge on any atom is 0.122 e. The van der Waals surface area contributed by atoms with Crippen LogP contribution in [0.15, 0.2) is 12.1 Å². The quantitative estimate of drug-likeness (QED) is 0.697. The monoisotopic (exact) mass is 236 g/mol. The van der Waals surface area contributed by atoms with Gasteiger partial charge in [-0.25, -0.2) is 0 Å². The summed E-state index contributed by atoms with van der Waals surface area (Å²) in [6.45, 7) is 4.27. The molecule has 0 unspecified atom stereocenters. The van der Waals surface area contributed by atoms with Gasteiger partial charge in [0.2, 0.25) is 0 Å². The first kappa shape index (κ1) is 13.9. The Kier molecular flexibility index (Phi) is 5.88. The molecule has 1 aromatic carbocycles. The number of unbranched alkanes of at least 4 members (excludes halogenated alkanes) is 3. The van der Waals surface area contributed by atoms with Gasteiger partial charge in [-0.05, 0) is 37.0 Å². The molecule has 0 aromatic heterocycles. The summed E-state index contributed by atoms with van der Waals surface area (Å²) in [6, 6.07) is 3.58. The summed E-state index contributed by atoms with van der Waals surface area (Å²) in [4.78, 5) is 0. The Morgan fingerprint density at radius 1 is 0.824 bits per heavy atom. The minimum Gasteiger partial charge on any atom is -0.508 e. The summed E-state index contributed by atoms with van der Waals surface area (Å²) < 4.78 is 0. The molecule has 96 valence electrons. The molecule has 2 heteroatoms. The fourth-order valence-corrected chi connectivity index (χ4v) is 2.12. The van der Waals surface area contributed by atoms with E-state index < -0.39 is 0 Å². The molecule has 0 aliphatic rings. The van der Waals surface area contributed by atoms with Gasteiger partial charge in [0, 0.05) is 5.56 Å². The number of rotatable bonds is 7. The number of phenolic OH excluding ortho intramolecular Hbond substituents is 2. The molecule has 2 N–H and O–H groups in total. The summed E-state index contributed by atoms with van der Waals surface area (Å²) in [7, 11) is 0. The molecule has 0 aliphatic carbocycles. The molecule has 0 aliphatic heterocycles. The van der Waals surface area contributed by atoms with Gasteiger partial charge in [0.25, 0.3) is 0 Å². The van der Waals surface area contributed by atoms with E-state index in [1.807, 2.05) is 0 Å². The van der Waals surface area contributed by atoms with Crippen LogP contribution in [0.2, 0.25) is 0 Å². The normalized spacial score (nSPS) is 10.7. The van der Waals surface area contributed by atoms with Crippen LogP contribution in [-0.2, 0) is 12.8 Å². The van der Waals surface area contributed by atoms with Gasteiger partial charge in [0.05, 0.1) is 0 Å². The fraction of sp³-hybridized carbons (Fsp3) is 0.600. The van der Waals surface area contributed by atoms with Crippen molar-refractivity contribution >= 4 is 0 Å². The van der Waals surface area contributed by atoms with Crippen LogP contribution in [0.25, 0.3) is 0 Å². The van der Waals surface area contributed by atoms with E-state index in [2.05, 4.69) is 13.8 Å². The molecule has 0 bridgehead atoms. The van der Waals surface area contributed by atoms with Crippen molar-refractivity contribution in [1.82, 2.24) is 0 Å². The van der Waals surface area contributed by atoms with Gasteiger partial charge in [-0.1, -0.05) is 39.5 Å². The largest absolute Gasteiger partial charge is 0.508 e. The van der Waals surface area contributed by atoms with Crippen LogP contribution in [0.3, 0.4) is 0 Å². The van der Waals surface area contributed by atoms with E-state index in [9.17, 15) is 10.2 Å². The zero-order valence-corrected chi connectivity index (χ0v) is 11.0. The van der Waals surface area contributed by atoms with Gasteiger partial charge in [-0.15, -0.1) is 0 Å². The second kappa shape index (κ2) is 7.21. The van der Waals surface area contributed by atoms with Crippen LogP contribution in [0.5, 0.6) is 11.5 Å². The van der Waals surface area contributed by atoms with Crippen molar-refractivity contribution < 1.29 is 10.2 Å². The van der Waals surface area contributed by atoms with E-state index >= 15 is 0 Å². The predicted octanol–water partition coefficient (Wildman–Crippen LogP) is 4.17. The van der Waals surface area contributed by atoms with E-state index in [0.29, 0.717) is 5.56 Å². The number of phenols is 2. The molecule has 0 atom stereocenters. The standard InChI is InChI=1S/C15H24O2/c1-3-5-6-7-9-13-14(16)10-12(8-4-2)11-15(13)17/h10-11,16-17H,3-9H2,1-2H3. The van der Waals surface area contributed by atoms with Crippen LogP contribution in [-0.4, -0.2) is 10.2 Å². The molecule has 1 rings (SSSR count). The summed E-state index contributed by atoms with van der Waals surface area (Å²) in [5.41, 5.74) is 1.72. The lowest BCUT2D eigenvalue weighted by Gasteiger charge is -2.09. The van der Waals surface area contributed by atoms with Crippen molar-refractivity contribution in [2.45, 2.75) is 58.8 Å². The van der Waals surface area contributed by atoms with Gasteiger partial charge in [0.15, 0.2) is 0 Å². The second-order valence-electron chi connectivity index (χ2n) is 4.67.